The van der Waals surface area contributed by atoms with Gasteiger partial charge in [0.15, 0.2) is 0 Å². The Bertz CT molecular complexity index is 801. The van der Waals surface area contributed by atoms with E-state index >= 15 is 0 Å². The van der Waals surface area contributed by atoms with Crippen LogP contribution >= 0.6 is 0 Å². The predicted octanol–water partition coefficient (Wildman–Crippen LogP) is 1.92. The van der Waals surface area contributed by atoms with Gasteiger partial charge in [0.1, 0.15) is 0 Å². The lowest BCUT2D eigenvalue weighted by molar-refractivity contribution is 0.329. The van der Waals surface area contributed by atoms with E-state index in [4.69, 9.17) is 0 Å². The van der Waals surface area contributed by atoms with Crippen LogP contribution in [-0.2, 0) is 6.54 Å². The number of hydrogen-bond donors (Lipinski definition) is 0. The number of anilines is 1. The number of hydrogen-bond acceptors (Lipinski definition) is 5. The summed E-state index contributed by atoms with van der Waals surface area (Å²) in [6.45, 7) is 2.48. The fourth-order valence-electron chi connectivity index (χ4n) is 3.41. The standard InChI is InChI=1S/C18H21N5O/c24-17-6-5-16(14-3-4-14)21-23(17)11-12-9-22(10-12)18-19-7-15(8-20-18)13-1-2-13/h5-8,12-14H,1-4,9-11H2. The van der Waals surface area contributed by atoms with Crippen LogP contribution in [0.25, 0.3) is 0 Å². The smallest absolute Gasteiger partial charge is 0.266 e. The molecule has 6 nitrogen and oxygen atoms in total. The third kappa shape index (κ3) is 2.70. The molecule has 0 spiro atoms. The van der Waals surface area contributed by atoms with Crippen molar-refractivity contribution in [2.24, 2.45) is 5.92 Å². The van der Waals surface area contributed by atoms with E-state index in [1.807, 2.05) is 18.5 Å². The molecule has 0 atom stereocenters. The molecule has 6 heteroatoms. The van der Waals surface area contributed by atoms with Crippen LogP contribution in [0.1, 0.15) is 48.8 Å². The van der Waals surface area contributed by atoms with Crippen molar-refractivity contribution < 1.29 is 0 Å². The molecule has 5 rings (SSSR count). The van der Waals surface area contributed by atoms with E-state index in [-0.39, 0.29) is 5.56 Å². The van der Waals surface area contributed by atoms with E-state index in [2.05, 4.69) is 20.0 Å². The highest BCUT2D eigenvalue weighted by Gasteiger charge is 2.31. The molecule has 2 aromatic rings. The van der Waals surface area contributed by atoms with E-state index < -0.39 is 0 Å². The second-order valence-corrected chi connectivity index (χ2v) is 7.41. The van der Waals surface area contributed by atoms with Gasteiger partial charge in [-0.25, -0.2) is 14.6 Å². The van der Waals surface area contributed by atoms with Crippen molar-refractivity contribution in [1.29, 1.82) is 0 Å². The summed E-state index contributed by atoms with van der Waals surface area (Å²) < 4.78 is 1.65. The molecular formula is C18H21N5O. The van der Waals surface area contributed by atoms with E-state index in [1.165, 1.54) is 31.2 Å². The molecule has 3 aliphatic rings. The zero-order chi connectivity index (χ0) is 16.1. The Kier molecular flexibility index (Phi) is 3.18. The highest BCUT2D eigenvalue weighted by Crippen LogP contribution is 2.40. The van der Waals surface area contributed by atoms with Crippen LogP contribution in [0.2, 0.25) is 0 Å². The summed E-state index contributed by atoms with van der Waals surface area (Å²) in [4.78, 5) is 23.2. The number of nitrogens with zero attached hydrogens (tertiary/aromatic N) is 5. The normalized spacial score (nSPS) is 20.9. The van der Waals surface area contributed by atoms with Crippen LogP contribution in [0, 0.1) is 5.92 Å². The van der Waals surface area contributed by atoms with Crippen molar-refractivity contribution in [3.05, 3.63) is 46.1 Å². The first-order chi connectivity index (χ1) is 11.8. The Morgan fingerprint density at radius 3 is 2.38 bits per heavy atom. The van der Waals surface area contributed by atoms with Crippen molar-refractivity contribution in [1.82, 2.24) is 19.7 Å². The summed E-state index contributed by atoms with van der Waals surface area (Å²) in [5, 5.41) is 4.55. The Balaban J connectivity index is 1.22. The van der Waals surface area contributed by atoms with E-state index in [1.54, 1.807) is 10.7 Å². The van der Waals surface area contributed by atoms with Crippen molar-refractivity contribution in [2.45, 2.75) is 44.1 Å². The molecule has 0 bridgehead atoms. The van der Waals surface area contributed by atoms with Crippen LogP contribution in [0.3, 0.4) is 0 Å². The highest BCUT2D eigenvalue weighted by atomic mass is 16.1. The maximum absolute atomic E-state index is 12.0. The third-order valence-electron chi connectivity index (χ3n) is 5.26. The Hall–Kier alpha value is -2.24. The molecule has 3 heterocycles. The Morgan fingerprint density at radius 2 is 1.71 bits per heavy atom. The van der Waals surface area contributed by atoms with Gasteiger partial charge in [-0.3, -0.25) is 4.79 Å². The van der Waals surface area contributed by atoms with Gasteiger partial charge in [0.2, 0.25) is 5.95 Å². The minimum Gasteiger partial charge on any atom is -0.340 e. The maximum Gasteiger partial charge on any atom is 0.266 e. The SMILES string of the molecule is O=c1ccc(C2CC2)nn1CC1CN(c2ncc(C3CC3)cn2)C1. The Labute approximate surface area is 140 Å². The molecule has 0 unspecified atom stereocenters. The molecule has 24 heavy (non-hydrogen) atoms. The molecule has 2 aromatic heterocycles. The van der Waals surface area contributed by atoms with Gasteiger partial charge >= 0.3 is 0 Å². The summed E-state index contributed by atoms with van der Waals surface area (Å²) in [7, 11) is 0. The molecule has 2 saturated carbocycles. The van der Waals surface area contributed by atoms with Crippen LogP contribution in [0.4, 0.5) is 5.95 Å². The molecule has 0 N–H and O–H groups in total. The summed E-state index contributed by atoms with van der Waals surface area (Å²) in [5.74, 6) is 2.52. The Morgan fingerprint density at radius 1 is 1.00 bits per heavy atom. The van der Waals surface area contributed by atoms with E-state index in [0.29, 0.717) is 24.3 Å². The largest absolute Gasteiger partial charge is 0.340 e. The highest BCUT2D eigenvalue weighted by molar-refractivity contribution is 5.35. The van der Waals surface area contributed by atoms with Gasteiger partial charge in [-0.15, -0.1) is 0 Å². The van der Waals surface area contributed by atoms with E-state index in [0.717, 1.165) is 24.7 Å². The van der Waals surface area contributed by atoms with Crippen molar-refractivity contribution >= 4 is 5.95 Å². The molecular weight excluding hydrogens is 302 g/mol. The monoisotopic (exact) mass is 323 g/mol. The number of rotatable bonds is 5. The fourth-order valence-corrected chi connectivity index (χ4v) is 3.41. The molecule has 3 fully saturated rings. The molecule has 0 amide bonds. The van der Waals surface area contributed by atoms with Gasteiger partial charge in [0.05, 0.1) is 12.2 Å². The lowest BCUT2D eigenvalue weighted by Gasteiger charge is -2.39. The van der Waals surface area contributed by atoms with Crippen LogP contribution in [0.15, 0.2) is 29.3 Å². The van der Waals surface area contributed by atoms with Crippen LogP contribution in [-0.4, -0.2) is 32.8 Å². The van der Waals surface area contributed by atoms with Crippen LogP contribution < -0.4 is 10.5 Å². The van der Waals surface area contributed by atoms with Gasteiger partial charge in [-0.1, -0.05) is 0 Å². The lowest BCUT2D eigenvalue weighted by Crippen LogP contribution is -2.50. The topological polar surface area (TPSA) is 63.9 Å². The molecule has 0 aromatic carbocycles. The van der Waals surface area contributed by atoms with E-state index in [9.17, 15) is 4.79 Å². The average molecular weight is 323 g/mol. The van der Waals surface area contributed by atoms with Crippen molar-refractivity contribution in [3.63, 3.8) is 0 Å². The summed E-state index contributed by atoms with van der Waals surface area (Å²) in [6.07, 6.45) is 8.90. The van der Waals surface area contributed by atoms with Crippen molar-refractivity contribution in [3.8, 4) is 0 Å². The first-order valence-corrected chi connectivity index (χ1v) is 8.91. The maximum atomic E-state index is 12.0. The third-order valence-corrected chi connectivity index (χ3v) is 5.26. The first-order valence-electron chi connectivity index (χ1n) is 8.91. The second kappa shape index (κ2) is 5.40. The zero-order valence-electron chi connectivity index (χ0n) is 13.6. The van der Waals surface area contributed by atoms with Gasteiger partial charge < -0.3 is 4.90 Å². The zero-order valence-corrected chi connectivity index (χ0v) is 13.6. The quantitative estimate of drug-likeness (QED) is 0.841. The first kappa shape index (κ1) is 14.1. The molecule has 1 saturated heterocycles. The van der Waals surface area contributed by atoms with Gasteiger partial charge in [-0.05, 0) is 43.2 Å². The molecule has 0 radical (unpaired) electrons. The van der Waals surface area contributed by atoms with Gasteiger partial charge in [0, 0.05) is 43.4 Å². The molecule has 124 valence electrons. The fraction of sp³-hybridized carbons (Fsp3) is 0.556. The van der Waals surface area contributed by atoms with Gasteiger partial charge in [-0.2, -0.15) is 5.10 Å². The minimum absolute atomic E-state index is 0.00267. The van der Waals surface area contributed by atoms with Crippen molar-refractivity contribution in [2.75, 3.05) is 18.0 Å². The van der Waals surface area contributed by atoms with Crippen LogP contribution in [0.5, 0.6) is 0 Å². The predicted molar refractivity (Wildman–Crippen MR) is 90.2 cm³/mol. The summed E-state index contributed by atoms with van der Waals surface area (Å²) in [6, 6.07) is 3.55. The number of aromatic nitrogens is 4. The lowest BCUT2D eigenvalue weighted by atomic mass is 10.0. The molecule has 1 aliphatic heterocycles. The minimum atomic E-state index is 0.00267. The second-order valence-electron chi connectivity index (χ2n) is 7.41. The average Bonchev–Trinajstić information content (AvgIpc) is 3.45. The summed E-state index contributed by atoms with van der Waals surface area (Å²) >= 11 is 0. The van der Waals surface area contributed by atoms with Gasteiger partial charge in [0.25, 0.3) is 5.56 Å². The molecule has 2 aliphatic carbocycles. The summed E-state index contributed by atoms with van der Waals surface area (Å²) in [5.41, 5.74) is 2.34.